The molecule has 2 aromatic carbocycles. The van der Waals surface area contributed by atoms with E-state index in [-0.39, 0.29) is 37.7 Å². The number of hydrogen-bond acceptors (Lipinski definition) is 10. The van der Waals surface area contributed by atoms with Crippen molar-refractivity contribution in [2.24, 2.45) is 5.73 Å². The van der Waals surface area contributed by atoms with E-state index >= 15 is 0 Å². The van der Waals surface area contributed by atoms with E-state index in [0.29, 0.717) is 24.5 Å². The first-order chi connectivity index (χ1) is 20.8. The third kappa shape index (κ3) is 8.41. The van der Waals surface area contributed by atoms with E-state index in [1.807, 2.05) is 53.1 Å². The summed E-state index contributed by atoms with van der Waals surface area (Å²) in [6.45, 7) is 2.98. The van der Waals surface area contributed by atoms with E-state index < -0.39 is 18.0 Å². The number of aromatic amines is 1. The summed E-state index contributed by atoms with van der Waals surface area (Å²) in [6.07, 6.45) is 2.44. The van der Waals surface area contributed by atoms with Crippen LogP contribution < -0.4 is 5.73 Å². The first-order valence-electron chi connectivity index (χ1n) is 14.0. The minimum Gasteiger partial charge on any atom is -0.481 e. The van der Waals surface area contributed by atoms with Crippen molar-refractivity contribution in [3.8, 4) is 22.5 Å². The van der Waals surface area contributed by atoms with Crippen LogP contribution in [0, 0.1) is 0 Å². The fourth-order valence-electron chi connectivity index (χ4n) is 4.71. The van der Waals surface area contributed by atoms with Gasteiger partial charge >= 0.3 is 11.9 Å². The molecule has 43 heavy (non-hydrogen) atoms. The van der Waals surface area contributed by atoms with Crippen LogP contribution in [-0.4, -0.2) is 70.7 Å². The lowest BCUT2D eigenvalue weighted by molar-refractivity contribution is -0.150. The number of nitrogens with two attached hydrogens (primary N) is 1. The lowest BCUT2D eigenvalue weighted by Crippen LogP contribution is -2.39. The lowest BCUT2D eigenvalue weighted by atomic mass is 9.98. The molecular weight excluding hydrogens is 592 g/mol. The second-order valence-electron chi connectivity index (χ2n) is 9.94. The number of aryl methyl sites for hydroxylation is 1. The Morgan fingerprint density at radius 1 is 1.19 bits per heavy atom. The predicted molar refractivity (Wildman–Crippen MR) is 165 cm³/mol. The molecule has 4 rings (SSSR count). The summed E-state index contributed by atoms with van der Waals surface area (Å²) >= 11 is 10.9. The number of unbranched alkanes of at least 4 members (excludes halogenated alkanes) is 1. The first kappa shape index (κ1) is 32.1. The third-order valence-corrected chi connectivity index (χ3v) is 7.73. The van der Waals surface area contributed by atoms with E-state index in [0.717, 1.165) is 40.9 Å². The number of carboxylic acid groups (broad SMARTS) is 1. The van der Waals surface area contributed by atoms with E-state index in [1.54, 1.807) is 0 Å². The number of esters is 1. The van der Waals surface area contributed by atoms with Gasteiger partial charge < -0.3 is 20.1 Å². The number of benzene rings is 2. The third-order valence-electron chi connectivity index (χ3n) is 6.95. The zero-order valence-corrected chi connectivity index (χ0v) is 25.5. The Balaban J connectivity index is 1.55. The Bertz CT molecular complexity index is 1500. The molecule has 0 bridgehead atoms. The number of rotatable bonds is 16. The number of aromatic nitrogens is 6. The van der Waals surface area contributed by atoms with Crippen molar-refractivity contribution >= 4 is 36.4 Å². The summed E-state index contributed by atoms with van der Waals surface area (Å²) in [5, 5.41) is 23.8. The summed E-state index contributed by atoms with van der Waals surface area (Å²) in [4.78, 5) is 28.8. The monoisotopic (exact) mass is 626 g/mol. The quantitative estimate of drug-likeness (QED) is 0.105. The van der Waals surface area contributed by atoms with Crippen LogP contribution in [0.4, 0.5) is 0 Å². The molecule has 0 saturated heterocycles. The number of H-pyrrole nitrogens is 1. The number of carbonyl (C=O) groups excluding carboxylic acids is 1. The van der Waals surface area contributed by atoms with Crippen LogP contribution in [0.1, 0.15) is 49.7 Å². The molecule has 1 atom stereocenters. The van der Waals surface area contributed by atoms with Crippen molar-refractivity contribution in [3.63, 3.8) is 0 Å². The van der Waals surface area contributed by atoms with E-state index in [1.165, 1.54) is 4.31 Å². The molecule has 2 aromatic heterocycles. The van der Waals surface area contributed by atoms with Crippen LogP contribution in [0.3, 0.4) is 0 Å². The molecule has 0 amide bonds. The molecule has 0 unspecified atom stereocenters. The molecule has 0 aliphatic carbocycles. The van der Waals surface area contributed by atoms with Gasteiger partial charge in [-0.25, -0.2) is 9.29 Å². The van der Waals surface area contributed by atoms with E-state index in [2.05, 4.69) is 45.3 Å². The molecule has 14 heteroatoms. The number of ether oxygens (including phenoxy) is 1. The standard InChI is InChI=1S/C29H35ClN8O4S/c1-2-3-8-25-32-27(30)24(18-42-29(41)23(13-14-26(39)40)38(43)16-15-31)37(25)17-19-9-11-20(12-10-19)21-6-4-5-7-22(21)28-33-35-36-34-28/h4-7,9-12,23,43H,2-3,8,13-18,31H2,1H3,(H,39,40)(H,33,34,35,36)/t23-/m0/s1. The maximum Gasteiger partial charge on any atom is 0.324 e. The molecule has 0 radical (unpaired) electrons. The van der Waals surface area contributed by atoms with Crippen molar-refractivity contribution in [1.82, 2.24) is 34.5 Å². The molecule has 228 valence electrons. The fraction of sp³-hybridized carbons (Fsp3) is 0.379. The van der Waals surface area contributed by atoms with Gasteiger partial charge in [0.25, 0.3) is 0 Å². The number of halogens is 1. The van der Waals surface area contributed by atoms with Gasteiger partial charge in [-0.1, -0.05) is 86.3 Å². The average molecular weight is 627 g/mol. The Morgan fingerprint density at radius 2 is 1.93 bits per heavy atom. The number of thiol groups is 1. The van der Waals surface area contributed by atoms with Gasteiger partial charge in [0.15, 0.2) is 5.15 Å². The smallest absolute Gasteiger partial charge is 0.324 e. The summed E-state index contributed by atoms with van der Waals surface area (Å²) < 4.78 is 9.06. The highest BCUT2D eigenvalue weighted by molar-refractivity contribution is 7.77. The number of nitrogens with zero attached hydrogens (tertiary/aromatic N) is 6. The predicted octanol–water partition coefficient (Wildman–Crippen LogP) is 4.16. The van der Waals surface area contributed by atoms with Crippen LogP contribution in [0.15, 0.2) is 48.5 Å². The Kier molecular flexibility index (Phi) is 11.7. The van der Waals surface area contributed by atoms with Gasteiger partial charge in [-0.2, -0.15) is 5.21 Å². The number of carbonyl (C=O) groups is 2. The van der Waals surface area contributed by atoms with Crippen molar-refractivity contribution < 1.29 is 19.4 Å². The van der Waals surface area contributed by atoms with Gasteiger partial charge in [-0.05, 0) is 34.7 Å². The normalized spacial score (nSPS) is 12.0. The van der Waals surface area contributed by atoms with Gasteiger partial charge in [-0.3, -0.25) is 9.59 Å². The highest BCUT2D eigenvalue weighted by Gasteiger charge is 2.27. The second-order valence-corrected chi connectivity index (χ2v) is 10.8. The molecule has 2 heterocycles. The Hall–Kier alpha value is -3.78. The minimum atomic E-state index is -1.02. The second kappa shape index (κ2) is 15.6. The number of imidazole rings is 1. The summed E-state index contributed by atoms with van der Waals surface area (Å²) in [7, 11) is 0. The molecule has 0 spiro atoms. The number of aliphatic carboxylic acids is 1. The highest BCUT2D eigenvalue weighted by atomic mass is 35.5. The number of carboxylic acids is 1. The summed E-state index contributed by atoms with van der Waals surface area (Å²) in [5.41, 5.74) is 10.0. The topological polar surface area (TPSA) is 165 Å². The number of tetrazole rings is 1. The highest BCUT2D eigenvalue weighted by Crippen LogP contribution is 2.30. The van der Waals surface area contributed by atoms with Crippen LogP contribution in [-0.2, 0) is 33.9 Å². The first-order valence-corrected chi connectivity index (χ1v) is 14.8. The van der Waals surface area contributed by atoms with Crippen LogP contribution >= 0.6 is 24.4 Å². The molecule has 4 N–H and O–H groups in total. The Labute approximate surface area is 260 Å². The zero-order chi connectivity index (χ0) is 30.8. The summed E-state index contributed by atoms with van der Waals surface area (Å²) in [5.74, 6) is -0.306. The molecule has 0 saturated carbocycles. The number of nitrogens with one attached hydrogen (secondary N) is 1. The molecule has 4 aromatic rings. The summed E-state index contributed by atoms with van der Waals surface area (Å²) in [6, 6.07) is 15.1. The van der Waals surface area contributed by atoms with Crippen molar-refractivity contribution in [2.45, 2.75) is 58.2 Å². The SMILES string of the molecule is CCCCc1nc(Cl)c(COC(=O)[C@H](CCC(=O)O)N(S)CCN)n1Cc1ccc(-c2ccccc2-c2nn[nH]n2)cc1. The fourth-order valence-corrected chi connectivity index (χ4v) is 5.29. The lowest BCUT2D eigenvalue weighted by Gasteiger charge is -2.24. The molecular formula is C29H35ClN8O4S. The molecule has 0 aliphatic heterocycles. The van der Waals surface area contributed by atoms with Crippen molar-refractivity contribution in [1.29, 1.82) is 0 Å². The number of hydrogen-bond donors (Lipinski definition) is 4. The minimum absolute atomic E-state index is 0.0363. The molecule has 0 aliphatic rings. The molecule has 0 fully saturated rings. The zero-order valence-electron chi connectivity index (χ0n) is 23.8. The maximum atomic E-state index is 13.1. The van der Waals surface area contributed by atoms with Gasteiger partial charge in [0.05, 0.1) is 5.69 Å². The van der Waals surface area contributed by atoms with Gasteiger partial charge in [0, 0.05) is 38.0 Å². The van der Waals surface area contributed by atoms with Crippen molar-refractivity contribution in [2.75, 3.05) is 13.1 Å². The molecule has 12 nitrogen and oxygen atoms in total. The van der Waals surface area contributed by atoms with E-state index in [4.69, 9.17) is 27.2 Å². The van der Waals surface area contributed by atoms with Gasteiger partial charge in [0.1, 0.15) is 18.5 Å². The van der Waals surface area contributed by atoms with Crippen LogP contribution in [0.25, 0.3) is 22.5 Å². The van der Waals surface area contributed by atoms with Gasteiger partial charge in [-0.15, -0.1) is 10.2 Å². The Morgan fingerprint density at radius 3 is 2.58 bits per heavy atom. The van der Waals surface area contributed by atoms with Crippen molar-refractivity contribution in [3.05, 3.63) is 70.8 Å². The largest absolute Gasteiger partial charge is 0.481 e. The maximum absolute atomic E-state index is 13.1. The van der Waals surface area contributed by atoms with Crippen LogP contribution in [0.5, 0.6) is 0 Å². The van der Waals surface area contributed by atoms with Crippen LogP contribution in [0.2, 0.25) is 5.15 Å². The average Bonchev–Trinajstić information content (AvgIpc) is 3.64. The van der Waals surface area contributed by atoms with Gasteiger partial charge in [0.2, 0.25) is 5.82 Å². The van der Waals surface area contributed by atoms with E-state index in [9.17, 15) is 9.59 Å².